The zero-order valence-corrected chi connectivity index (χ0v) is 21.4. The molecule has 9 nitrogen and oxygen atoms in total. The van der Waals surface area contributed by atoms with Crippen LogP contribution in [0, 0.1) is 5.92 Å². The van der Waals surface area contributed by atoms with Gasteiger partial charge in [-0.15, -0.1) is 10.2 Å². The summed E-state index contributed by atoms with van der Waals surface area (Å²) in [6, 6.07) is 18.1. The van der Waals surface area contributed by atoms with Crippen molar-refractivity contribution < 1.29 is 4.79 Å². The maximum atomic E-state index is 13.4. The molecule has 9 heteroatoms. The summed E-state index contributed by atoms with van der Waals surface area (Å²) in [6.45, 7) is 5.79. The molecule has 0 radical (unpaired) electrons. The predicted molar refractivity (Wildman–Crippen MR) is 146 cm³/mol. The highest BCUT2D eigenvalue weighted by molar-refractivity contribution is 5.80. The number of pyridine rings is 1. The third-order valence-electron chi connectivity index (χ3n) is 7.46. The second kappa shape index (κ2) is 11.1. The van der Waals surface area contributed by atoms with Gasteiger partial charge in [0.1, 0.15) is 5.82 Å². The number of carbonyl (C=O) groups is 1. The van der Waals surface area contributed by atoms with E-state index < -0.39 is 0 Å². The van der Waals surface area contributed by atoms with Crippen LogP contribution in [0.3, 0.4) is 0 Å². The van der Waals surface area contributed by atoms with E-state index in [0.717, 1.165) is 75.1 Å². The van der Waals surface area contributed by atoms with Crippen LogP contribution in [0.1, 0.15) is 18.4 Å². The molecule has 0 spiro atoms. The lowest BCUT2D eigenvalue weighted by atomic mass is 9.96. The van der Waals surface area contributed by atoms with Crippen LogP contribution in [0.2, 0.25) is 0 Å². The van der Waals surface area contributed by atoms with Gasteiger partial charge in [-0.05, 0) is 36.6 Å². The summed E-state index contributed by atoms with van der Waals surface area (Å²) in [5.74, 6) is 2.63. The van der Waals surface area contributed by atoms with E-state index in [1.54, 1.807) is 12.4 Å². The summed E-state index contributed by atoms with van der Waals surface area (Å²) in [5, 5.41) is 9.05. The van der Waals surface area contributed by atoms with Gasteiger partial charge in [0.05, 0.1) is 5.92 Å². The second-order valence-corrected chi connectivity index (χ2v) is 9.98. The highest BCUT2D eigenvalue weighted by atomic mass is 16.2. The molecule has 6 rings (SSSR count). The molecular weight excluding hydrogens is 476 g/mol. The summed E-state index contributed by atoms with van der Waals surface area (Å²) >= 11 is 0. The number of anilines is 1. The zero-order chi connectivity index (χ0) is 25.7. The average Bonchev–Trinajstić information content (AvgIpc) is 3.49. The van der Waals surface area contributed by atoms with Crippen LogP contribution in [0.4, 0.5) is 5.82 Å². The molecule has 1 unspecified atom stereocenters. The van der Waals surface area contributed by atoms with E-state index in [4.69, 9.17) is 0 Å². The van der Waals surface area contributed by atoms with E-state index in [2.05, 4.69) is 36.0 Å². The van der Waals surface area contributed by atoms with E-state index in [1.165, 1.54) is 5.56 Å². The van der Waals surface area contributed by atoms with Gasteiger partial charge in [-0.25, -0.2) is 4.98 Å². The molecule has 1 atom stereocenters. The highest BCUT2D eigenvalue weighted by Gasteiger charge is 2.31. The molecule has 0 N–H and O–H groups in total. The van der Waals surface area contributed by atoms with Crippen LogP contribution in [0.5, 0.6) is 0 Å². The minimum atomic E-state index is -0.00608. The molecule has 0 aliphatic carbocycles. The van der Waals surface area contributed by atoms with E-state index in [1.807, 2.05) is 70.4 Å². The molecule has 2 saturated heterocycles. The van der Waals surface area contributed by atoms with Crippen LogP contribution in [-0.4, -0.2) is 79.7 Å². The summed E-state index contributed by atoms with van der Waals surface area (Å²) in [7, 11) is 0. The lowest BCUT2D eigenvalue weighted by molar-refractivity contribution is -0.137. The van der Waals surface area contributed by atoms with E-state index in [-0.39, 0.29) is 11.8 Å². The number of imidazole rings is 1. The fraction of sp³-hybridized carbons (Fsp3) is 0.345. The molecule has 194 valence electrons. The van der Waals surface area contributed by atoms with Gasteiger partial charge >= 0.3 is 0 Å². The molecule has 1 aromatic carbocycles. The summed E-state index contributed by atoms with van der Waals surface area (Å²) in [4.78, 5) is 28.8. The third kappa shape index (κ3) is 5.28. The first-order chi connectivity index (χ1) is 18.7. The number of rotatable bonds is 6. The van der Waals surface area contributed by atoms with Gasteiger partial charge in [-0.3, -0.25) is 19.2 Å². The Morgan fingerprint density at radius 1 is 0.868 bits per heavy atom. The molecule has 2 aliphatic heterocycles. The Labute approximate surface area is 222 Å². The van der Waals surface area contributed by atoms with Crippen molar-refractivity contribution in [3.05, 3.63) is 84.9 Å². The Hall–Kier alpha value is -4.11. The largest absolute Gasteiger partial charge is 0.354 e. The number of benzene rings is 1. The number of hydrogen-bond acceptors (Lipinski definition) is 7. The van der Waals surface area contributed by atoms with Gasteiger partial charge < -0.3 is 9.80 Å². The van der Waals surface area contributed by atoms with Crippen LogP contribution in [0.15, 0.2) is 79.4 Å². The van der Waals surface area contributed by atoms with Crippen LogP contribution in [-0.2, 0) is 11.3 Å². The Balaban J connectivity index is 1.07. The molecule has 1 amide bonds. The summed E-state index contributed by atoms with van der Waals surface area (Å²) < 4.78 is 1.95. The molecule has 0 bridgehead atoms. The predicted octanol–water partition coefficient (Wildman–Crippen LogP) is 3.29. The fourth-order valence-electron chi connectivity index (χ4n) is 5.43. The third-order valence-corrected chi connectivity index (χ3v) is 7.46. The Morgan fingerprint density at radius 2 is 1.68 bits per heavy atom. The van der Waals surface area contributed by atoms with Crippen LogP contribution < -0.4 is 4.90 Å². The standard InChI is InChI=1S/C29H32N8O/c38-29(35-18-16-34(17-19-35)21-23-6-4-12-30-20-23)25-9-5-14-36(22-25)26-10-11-27(33-32-26)37-15-13-31-28(37)24-7-2-1-3-8-24/h1-4,6-8,10-13,15,20,25H,5,9,14,16-19,21-22H2. The zero-order valence-electron chi connectivity index (χ0n) is 21.4. The lowest BCUT2D eigenvalue weighted by Crippen LogP contribution is -2.52. The Kier molecular flexibility index (Phi) is 7.08. The number of nitrogens with zero attached hydrogens (tertiary/aromatic N) is 8. The second-order valence-electron chi connectivity index (χ2n) is 9.98. The highest BCUT2D eigenvalue weighted by Crippen LogP contribution is 2.25. The maximum Gasteiger partial charge on any atom is 0.227 e. The van der Waals surface area contributed by atoms with Gasteiger partial charge in [0.15, 0.2) is 11.6 Å². The number of piperidine rings is 1. The smallest absolute Gasteiger partial charge is 0.227 e. The first kappa shape index (κ1) is 24.2. The maximum absolute atomic E-state index is 13.4. The van der Waals surface area contributed by atoms with E-state index >= 15 is 0 Å². The molecule has 3 aromatic heterocycles. The monoisotopic (exact) mass is 508 g/mol. The lowest BCUT2D eigenvalue weighted by Gasteiger charge is -2.39. The van der Waals surface area contributed by atoms with Crippen LogP contribution in [0.25, 0.3) is 17.2 Å². The van der Waals surface area contributed by atoms with Gasteiger partial charge in [-0.2, -0.15) is 0 Å². The summed E-state index contributed by atoms with van der Waals surface area (Å²) in [6.07, 6.45) is 9.29. The van der Waals surface area contributed by atoms with E-state index in [0.29, 0.717) is 6.54 Å². The topological polar surface area (TPSA) is 83.3 Å². The number of aromatic nitrogens is 5. The average molecular weight is 509 g/mol. The first-order valence-electron chi connectivity index (χ1n) is 13.3. The van der Waals surface area contributed by atoms with Crippen molar-refractivity contribution >= 4 is 11.7 Å². The number of carbonyl (C=O) groups excluding carboxylic acids is 1. The van der Waals surface area contributed by atoms with Gasteiger partial charge in [0, 0.05) is 76.2 Å². The molecule has 2 fully saturated rings. The number of piperazine rings is 1. The van der Waals surface area contributed by atoms with E-state index in [9.17, 15) is 4.79 Å². The van der Waals surface area contributed by atoms with Crippen molar-refractivity contribution in [1.82, 2.24) is 34.5 Å². The molecule has 4 aromatic rings. The van der Waals surface area contributed by atoms with Crippen molar-refractivity contribution in [2.45, 2.75) is 19.4 Å². The number of amides is 1. The molecule has 0 saturated carbocycles. The first-order valence-corrected chi connectivity index (χ1v) is 13.3. The number of hydrogen-bond donors (Lipinski definition) is 0. The SMILES string of the molecule is O=C(C1CCCN(c2ccc(-n3ccnc3-c3ccccc3)nn2)C1)N1CCN(Cc2cccnc2)CC1. The van der Waals surface area contributed by atoms with Crippen molar-refractivity contribution in [3.8, 4) is 17.2 Å². The van der Waals surface area contributed by atoms with Crippen molar-refractivity contribution in [1.29, 1.82) is 0 Å². The molecule has 2 aliphatic rings. The summed E-state index contributed by atoms with van der Waals surface area (Å²) in [5.41, 5.74) is 2.24. The quantitative estimate of drug-likeness (QED) is 0.395. The van der Waals surface area contributed by atoms with Gasteiger partial charge in [0.2, 0.25) is 5.91 Å². The Bertz CT molecular complexity index is 1330. The van der Waals surface area contributed by atoms with Gasteiger partial charge in [0.25, 0.3) is 0 Å². The molecule has 38 heavy (non-hydrogen) atoms. The fourth-order valence-corrected chi connectivity index (χ4v) is 5.43. The molecular formula is C29H32N8O. The minimum Gasteiger partial charge on any atom is -0.354 e. The molecule has 5 heterocycles. The Morgan fingerprint density at radius 3 is 2.45 bits per heavy atom. The van der Waals surface area contributed by atoms with Crippen molar-refractivity contribution in [3.63, 3.8) is 0 Å². The van der Waals surface area contributed by atoms with Crippen molar-refractivity contribution in [2.24, 2.45) is 5.92 Å². The van der Waals surface area contributed by atoms with Crippen LogP contribution >= 0.6 is 0 Å². The van der Waals surface area contributed by atoms with Crippen molar-refractivity contribution in [2.75, 3.05) is 44.2 Å². The van der Waals surface area contributed by atoms with Gasteiger partial charge in [-0.1, -0.05) is 36.4 Å². The minimum absolute atomic E-state index is 0.00608. The normalized spacial score (nSPS) is 18.5.